The van der Waals surface area contributed by atoms with E-state index in [1.807, 2.05) is 161 Å². The predicted octanol–water partition coefficient (Wildman–Crippen LogP) is 13.9. The monoisotopic (exact) mass is 1020 g/mol. The van der Waals surface area contributed by atoms with Crippen LogP contribution in [0.5, 0.6) is 17.2 Å². The van der Waals surface area contributed by atoms with Gasteiger partial charge in [-0.2, -0.15) is 0 Å². The van der Waals surface area contributed by atoms with Crippen molar-refractivity contribution in [3.8, 4) is 17.2 Å². The number of thiocarbonyl (C=S) groups is 1. The highest BCUT2D eigenvalue weighted by Crippen LogP contribution is 2.43. The number of unbranched alkanes of at least 4 members (excludes halogenated alkanes) is 1. The van der Waals surface area contributed by atoms with Crippen LogP contribution < -0.4 is 0 Å². The van der Waals surface area contributed by atoms with Gasteiger partial charge in [-0.1, -0.05) is 174 Å². The van der Waals surface area contributed by atoms with Crippen LogP contribution in [0.15, 0.2) is 36.4 Å². The Morgan fingerprint density at radius 2 is 0.625 bits per heavy atom. The normalized spacial score (nSPS) is 12.9. The Hall–Kier alpha value is -4.64. The van der Waals surface area contributed by atoms with Crippen LogP contribution in [0.25, 0.3) is 0 Å². The number of phenolic OH excluding ortho intramolecular Hbond substituents is 3. The van der Waals surface area contributed by atoms with Crippen molar-refractivity contribution in [2.45, 2.75) is 222 Å². The van der Waals surface area contributed by atoms with Gasteiger partial charge in [0.1, 0.15) is 49.1 Å². The Bertz CT molecular complexity index is 2020. The van der Waals surface area contributed by atoms with Crippen molar-refractivity contribution >= 4 is 35.2 Å². The number of aromatic hydroxyl groups is 3. The van der Waals surface area contributed by atoms with Crippen LogP contribution in [0.4, 0.5) is 0 Å². The third kappa shape index (κ3) is 18.1. The molecule has 0 aromatic heterocycles. The molecule has 72 heavy (non-hydrogen) atoms. The van der Waals surface area contributed by atoms with Crippen molar-refractivity contribution in [1.29, 1.82) is 0 Å². The van der Waals surface area contributed by atoms with Crippen molar-refractivity contribution < 1.29 is 48.7 Å². The molecule has 0 aliphatic rings. The zero-order valence-corrected chi connectivity index (χ0v) is 48.6. The minimum absolute atomic E-state index is 0.0167. The van der Waals surface area contributed by atoms with Gasteiger partial charge in [-0.3, -0.25) is 14.4 Å². The van der Waals surface area contributed by atoms with E-state index in [-0.39, 0.29) is 95.4 Å². The van der Waals surface area contributed by atoms with Gasteiger partial charge in [0.25, 0.3) is 0 Å². The van der Waals surface area contributed by atoms with Crippen molar-refractivity contribution in [2.75, 3.05) is 26.4 Å². The Balaban J connectivity index is 2.00. The second-order valence-corrected chi connectivity index (χ2v) is 26.8. The topological polar surface area (TPSA) is 149 Å². The number of carbonyl (C=O) groups is 3. The smallest absolute Gasteiger partial charge is 0.306 e. The number of phenols is 3. The molecule has 3 rings (SSSR count). The molecule has 0 aliphatic carbocycles. The number of hydrogen-bond acceptors (Lipinski definition) is 11. The maximum Gasteiger partial charge on any atom is 0.306 e. The van der Waals surface area contributed by atoms with E-state index in [0.29, 0.717) is 30.7 Å². The summed E-state index contributed by atoms with van der Waals surface area (Å²) in [5.41, 5.74) is 3.96. The largest absolute Gasteiger partial charge is 0.507 e. The molecule has 0 amide bonds. The molecule has 0 radical (unpaired) electrons. The van der Waals surface area contributed by atoms with Gasteiger partial charge in [-0.05, 0) is 120 Å². The maximum atomic E-state index is 13.8. The summed E-state index contributed by atoms with van der Waals surface area (Å²) in [5.74, 6) is -0.768. The van der Waals surface area contributed by atoms with Gasteiger partial charge in [0.05, 0.1) is 0 Å². The zero-order valence-electron chi connectivity index (χ0n) is 47.8. The molecule has 0 fully saturated rings. The summed E-state index contributed by atoms with van der Waals surface area (Å²) < 4.78 is 24.3. The Labute approximate surface area is 439 Å². The minimum atomic E-state index is -1.34. The Morgan fingerprint density at radius 3 is 0.833 bits per heavy atom. The van der Waals surface area contributed by atoms with Crippen molar-refractivity contribution in [3.05, 3.63) is 86.5 Å². The highest BCUT2D eigenvalue weighted by Gasteiger charge is 2.38. The fraction of sp³-hybridized carbons (Fsp3) is 0.639. The SMILES string of the molecule is CCCCC(=S)OCC(COC(=O)CCc1cc(C(C)(C)C)c(O)c(C(C)(C)C)c1)(COC(=O)CCc1cc(C(C)(C)C)c(O)c(C(C)(C)C)c1)COC(=O)CCc1cc(C(C)(C)C)c(O)c(C(C)(C)C)c1. The fourth-order valence-corrected chi connectivity index (χ4v) is 8.68. The summed E-state index contributed by atoms with van der Waals surface area (Å²) in [4.78, 5) is 41.5. The van der Waals surface area contributed by atoms with Crippen LogP contribution in [0.3, 0.4) is 0 Å². The van der Waals surface area contributed by atoms with Crippen LogP contribution >= 0.6 is 12.2 Å². The Kier molecular flexibility index (Phi) is 20.7. The molecule has 402 valence electrons. The van der Waals surface area contributed by atoms with E-state index in [2.05, 4.69) is 6.92 Å². The average molecular weight is 1020 g/mol. The van der Waals surface area contributed by atoms with Gasteiger partial charge in [-0.25, -0.2) is 0 Å². The molecule has 0 spiro atoms. The van der Waals surface area contributed by atoms with E-state index in [0.717, 1.165) is 62.9 Å². The number of hydrogen-bond donors (Lipinski definition) is 3. The first-order chi connectivity index (χ1) is 32.8. The van der Waals surface area contributed by atoms with Gasteiger partial charge in [-0.15, -0.1) is 0 Å². The first kappa shape index (κ1) is 61.7. The lowest BCUT2D eigenvalue weighted by Gasteiger charge is -2.32. The lowest BCUT2D eigenvalue weighted by molar-refractivity contribution is -0.164. The highest BCUT2D eigenvalue weighted by atomic mass is 32.1. The molecule has 0 aliphatic heterocycles. The number of esters is 3. The van der Waals surface area contributed by atoms with E-state index >= 15 is 0 Å². The van der Waals surface area contributed by atoms with Crippen LogP contribution in [0, 0.1) is 5.41 Å². The van der Waals surface area contributed by atoms with Gasteiger partial charge < -0.3 is 34.3 Å². The van der Waals surface area contributed by atoms with Crippen LogP contribution in [0.1, 0.15) is 220 Å². The third-order valence-corrected chi connectivity index (χ3v) is 13.4. The van der Waals surface area contributed by atoms with Crippen molar-refractivity contribution in [2.24, 2.45) is 5.41 Å². The summed E-state index contributed by atoms with van der Waals surface area (Å²) in [7, 11) is 0. The average Bonchev–Trinajstić information content (AvgIpc) is 3.24. The molecular weight excluding hydrogens is 925 g/mol. The van der Waals surface area contributed by atoms with Crippen LogP contribution in [-0.4, -0.2) is 64.7 Å². The summed E-state index contributed by atoms with van der Waals surface area (Å²) >= 11 is 5.63. The minimum Gasteiger partial charge on any atom is -0.507 e. The molecule has 0 unspecified atom stereocenters. The fourth-order valence-electron chi connectivity index (χ4n) is 8.48. The molecule has 0 saturated heterocycles. The molecule has 3 aromatic carbocycles. The molecule has 11 heteroatoms. The first-order valence-electron chi connectivity index (χ1n) is 26.0. The van der Waals surface area contributed by atoms with Crippen LogP contribution in [-0.2, 0) is 85.1 Å². The third-order valence-electron chi connectivity index (χ3n) is 13.1. The van der Waals surface area contributed by atoms with E-state index < -0.39 is 23.3 Å². The maximum absolute atomic E-state index is 13.8. The number of rotatable bonds is 20. The summed E-state index contributed by atoms with van der Waals surface area (Å²) in [5, 5.41) is 34.3. The molecular formula is C61H92O10S. The predicted molar refractivity (Wildman–Crippen MR) is 295 cm³/mol. The second-order valence-electron chi connectivity index (χ2n) is 26.4. The standard InChI is InChI=1S/C61H92O10S/c1-20-21-22-51(72)71-38-61(35-68-48(62)26-23-39-29-42(55(2,3)4)52(65)43(30-39)56(5,6)7,36-69-49(63)27-24-40-31-44(57(8,9)10)53(66)45(32-40)58(11,12)13)37-70-50(64)28-25-41-33-46(59(14,15)16)54(67)47(34-41)60(17,18)19/h29-34,65-67H,20-28,35-38H2,1-19H3. The van der Waals surface area contributed by atoms with Gasteiger partial charge in [0.15, 0.2) is 5.05 Å². The zero-order chi connectivity index (χ0) is 55.0. The number of benzene rings is 3. The van der Waals surface area contributed by atoms with Crippen molar-refractivity contribution in [3.63, 3.8) is 0 Å². The molecule has 0 atom stereocenters. The number of carbonyl (C=O) groups excluding carboxylic acids is 3. The second kappa shape index (κ2) is 24.1. The number of ether oxygens (including phenoxy) is 4. The lowest BCUT2D eigenvalue weighted by Crippen LogP contribution is -2.44. The van der Waals surface area contributed by atoms with E-state index in [1.165, 1.54) is 0 Å². The van der Waals surface area contributed by atoms with Gasteiger partial charge >= 0.3 is 17.9 Å². The molecule has 0 heterocycles. The van der Waals surface area contributed by atoms with Gasteiger partial charge in [0, 0.05) is 25.7 Å². The van der Waals surface area contributed by atoms with Crippen molar-refractivity contribution in [1.82, 2.24) is 0 Å². The number of aryl methyl sites for hydroxylation is 3. The summed E-state index contributed by atoms with van der Waals surface area (Å²) in [6.45, 7) is 37.7. The van der Waals surface area contributed by atoms with E-state index in [9.17, 15) is 29.7 Å². The summed E-state index contributed by atoms with van der Waals surface area (Å²) in [6, 6.07) is 11.7. The summed E-state index contributed by atoms with van der Waals surface area (Å²) in [6.07, 6.45) is 3.28. The quantitative estimate of drug-likeness (QED) is 0.0564. The van der Waals surface area contributed by atoms with E-state index in [1.54, 1.807) is 0 Å². The van der Waals surface area contributed by atoms with Crippen LogP contribution in [0.2, 0.25) is 0 Å². The van der Waals surface area contributed by atoms with Gasteiger partial charge in [0.2, 0.25) is 0 Å². The molecule has 10 nitrogen and oxygen atoms in total. The first-order valence-corrected chi connectivity index (χ1v) is 26.4. The molecule has 0 bridgehead atoms. The highest BCUT2D eigenvalue weighted by molar-refractivity contribution is 7.80. The molecule has 3 N–H and O–H groups in total. The molecule has 0 saturated carbocycles. The molecule has 3 aromatic rings. The van der Waals surface area contributed by atoms with E-state index in [4.69, 9.17) is 31.2 Å². The Morgan fingerprint density at radius 1 is 0.403 bits per heavy atom. The lowest BCUT2D eigenvalue weighted by atomic mass is 9.78.